The number of rotatable bonds is 10. The Kier molecular flexibility index (Phi) is 7.55. The van der Waals surface area contributed by atoms with Gasteiger partial charge in [0, 0.05) is 24.9 Å². The quantitative estimate of drug-likeness (QED) is 0.475. The van der Waals surface area contributed by atoms with Gasteiger partial charge in [0.1, 0.15) is 16.5 Å². The van der Waals surface area contributed by atoms with Crippen LogP contribution in [0.4, 0.5) is 5.13 Å². The molecule has 0 atom stereocenters. The van der Waals surface area contributed by atoms with E-state index in [1.165, 1.54) is 30.6 Å². The number of ether oxygens (including phenoxy) is 2. The fourth-order valence-electron chi connectivity index (χ4n) is 2.71. The molecule has 3 aromatic rings. The maximum Gasteiger partial charge on any atom is 0.240 e. The molecule has 9 nitrogen and oxygen atoms in total. The molecule has 0 aliphatic rings. The van der Waals surface area contributed by atoms with Crippen molar-refractivity contribution in [1.29, 1.82) is 0 Å². The van der Waals surface area contributed by atoms with Gasteiger partial charge in [0.2, 0.25) is 21.1 Å². The van der Waals surface area contributed by atoms with Crippen LogP contribution in [0.3, 0.4) is 0 Å². The maximum atomic E-state index is 12.3. The van der Waals surface area contributed by atoms with Gasteiger partial charge in [-0.15, -0.1) is 10.2 Å². The fraction of sp³-hybridized carbons (Fsp3) is 0.250. The third-order valence-electron chi connectivity index (χ3n) is 4.26. The zero-order valence-corrected chi connectivity index (χ0v) is 18.6. The van der Waals surface area contributed by atoms with E-state index in [0.717, 1.165) is 16.3 Å². The third-order valence-corrected chi connectivity index (χ3v) is 6.58. The molecule has 2 N–H and O–H groups in total. The predicted octanol–water partition coefficient (Wildman–Crippen LogP) is 2.45. The van der Waals surface area contributed by atoms with Gasteiger partial charge in [-0.05, 0) is 30.3 Å². The molecule has 164 valence electrons. The van der Waals surface area contributed by atoms with E-state index >= 15 is 0 Å². The summed E-state index contributed by atoms with van der Waals surface area (Å²) in [7, 11) is -0.609. The SMILES string of the molecule is COc1ccc(S(=O)(=O)NCCC(=O)Nc2nnc(Cc3ccccc3OC)s2)cc1. The van der Waals surface area contributed by atoms with E-state index in [4.69, 9.17) is 9.47 Å². The number of nitrogens with zero attached hydrogens (tertiary/aromatic N) is 2. The molecule has 0 spiro atoms. The predicted molar refractivity (Wildman–Crippen MR) is 117 cm³/mol. The lowest BCUT2D eigenvalue weighted by Gasteiger charge is -2.07. The van der Waals surface area contributed by atoms with Crippen LogP contribution in [0, 0.1) is 0 Å². The molecular formula is C20H22N4O5S2. The Hall–Kier alpha value is -3.02. The molecule has 11 heteroatoms. The number of anilines is 1. The number of carbonyl (C=O) groups is 1. The first-order valence-corrected chi connectivity index (χ1v) is 11.6. The van der Waals surface area contributed by atoms with Gasteiger partial charge < -0.3 is 14.8 Å². The summed E-state index contributed by atoms with van der Waals surface area (Å²) in [4.78, 5) is 12.2. The maximum absolute atomic E-state index is 12.3. The standard InChI is InChI=1S/C20H22N4O5S2/c1-28-15-7-9-16(10-8-15)31(26,27)21-12-11-18(25)22-20-24-23-19(30-20)13-14-5-3-4-6-17(14)29-2/h3-10,21H,11-13H2,1-2H3,(H,22,24,25). The third kappa shape index (κ3) is 6.23. The Morgan fingerprint density at radius 2 is 1.77 bits per heavy atom. The van der Waals surface area contributed by atoms with Crippen molar-refractivity contribution in [1.82, 2.24) is 14.9 Å². The summed E-state index contributed by atoms with van der Waals surface area (Å²) >= 11 is 1.25. The number of hydrogen-bond donors (Lipinski definition) is 2. The van der Waals surface area contributed by atoms with E-state index in [1.807, 2.05) is 24.3 Å². The van der Waals surface area contributed by atoms with Gasteiger partial charge in [-0.25, -0.2) is 13.1 Å². The van der Waals surface area contributed by atoms with Gasteiger partial charge in [-0.3, -0.25) is 4.79 Å². The Labute approximate surface area is 184 Å². The number of benzene rings is 2. The molecule has 0 aliphatic heterocycles. The number of hydrogen-bond acceptors (Lipinski definition) is 8. The van der Waals surface area contributed by atoms with Gasteiger partial charge >= 0.3 is 0 Å². The molecule has 3 rings (SSSR count). The Bertz CT molecular complexity index is 1130. The molecule has 2 aromatic carbocycles. The van der Waals surface area contributed by atoms with E-state index in [1.54, 1.807) is 19.2 Å². The van der Waals surface area contributed by atoms with E-state index in [9.17, 15) is 13.2 Å². The monoisotopic (exact) mass is 462 g/mol. The van der Waals surface area contributed by atoms with Crippen molar-refractivity contribution < 1.29 is 22.7 Å². The number of carbonyl (C=O) groups excluding carboxylic acids is 1. The van der Waals surface area contributed by atoms with Crippen molar-refractivity contribution in [2.45, 2.75) is 17.7 Å². The first kappa shape index (κ1) is 22.7. The molecule has 0 aliphatic carbocycles. The smallest absolute Gasteiger partial charge is 0.240 e. The van der Waals surface area contributed by atoms with Gasteiger partial charge in [0.25, 0.3) is 0 Å². The largest absolute Gasteiger partial charge is 0.497 e. The second-order valence-corrected chi connectivity index (χ2v) is 9.19. The Balaban J connectivity index is 1.50. The highest BCUT2D eigenvalue weighted by molar-refractivity contribution is 7.89. The van der Waals surface area contributed by atoms with Crippen LogP contribution in [0.25, 0.3) is 0 Å². The Morgan fingerprint density at radius 1 is 1.03 bits per heavy atom. The van der Waals surface area contributed by atoms with Crippen LogP contribution in [0.2, 0.25) is 0 Å². The van der Waals surface area contributed by atoms with Crippen LogP contribution < -0.4 is 19.5 Å². The zero-order valence-electron chi connectivity index (χ0n) is 17.0. The lowest BCUT2D eigenvalue weighted by Crippen LogP contribution is -2.27. The summed E-state index contributed by atoms with van der Waals surface area (Å²) in [6.45, 7) is -0.0485. The minimum absolute atomic E-state index is 0.0448. The highest BCUT2D eigenvalue weighted by Gasteiger charge is 2.15. The van der Waals surface area contributed by atoms with E-state index in [-0.39, 0.29) is 23.8 Å². The molecule has 1 aromatic heterocycles. The highest BCUT2D eigenvalue weighted by atomic mass is 32.2. The molecule has 0 unspecified atom stereocenters. The average molecular weight is 463 g/mol. The lowest BCUT2D eigenvalue weighted by atomic mass is 10.1. The second kappa shape index (κ2) is 10.3. The van der Waals surface area contributed by atoms with Gasteiger partial charge in [-0.1, -0.05) is 29.5 Å². The number of nitrogens with one attached hydrogen (secondary N) is 2. The summed E-state index contributed by atoms with van der Waals surface area (Å²) in [6.07, 6.45) is 0.482. The average Bonchev–Trinajstić information content (AvgIpc) is 3.20. The zero-order chi connectivity index (χ0) is 22.3. The van der Waals surface area contributed by atoms with Crippen molar-refractivity contribution in [2.24, 2.45) is 0 Å². The summed E-state index contributed by atoms with van der Waals surface area (Å²) in [5, 5.41) is 11.8. The molecule has 31 heavy (non-hydrogen) atoms. The molecular weight excluding hydrogens is 440 g/mol. The van der Waals surface area contributed by atoms with Crippen molar-refractivity contribution in [3.63, 3.8) is 0 Å². The highest BCUT2D eigenvalue weighted by Crippen LogP contribution is 2.24. The van der Waals surface area contributed by atoms with Crippen molar-refractivity contribution in [3.05, 3.63) is 59.1 Å². The summed E-state index contributed by atoms with van der Waals surface area (Å²) in [5.41, 5.74) is 0.965. The minimum atomic E-state index is -3.71. The minimum Gasteiger partial charge on any atom is -0.497 e. The van der Waals surface area contributed by atoms with E-state index in [0.29, 0.717) is 17.3 Å². The fourth-order valence-corrected chi connectivity index (χ4v) is 4.52. The van der Waals surface area contributed by atoms with Crippen LogP contribution in [-0.2, 0) is 21.2 Å². The van der Waals surface area contributed by atoms with Crippen molar-refractivity contribution in [2.75, 3.05) is 26.1 Å². The summed E-state index contributed by atoms with van der Waals surface area (Å²) < 4.78 is 37.3. The molecule has 0 radical (unpaired) electrons. The number of para-hydroxylation sites is 1. The molecule has 1 heterocycles. The molecule has 0 saturated carbocycles. The topological polar surface area (TPSA) is 120 Å². The lowest BCUT2D eigenvalue weighted by molar-refractivity contribution is -0.116. The number of methoxy groups -OCH3 is 2. The first-order chi connectivity index (χ1) is 14.9. The second-order valence-electron chi connectivity index (χ2n) is 6.36. The van der Waals surface area contributed by atoms with Crippen LogP contribution in [-0.4, -0.2) is 45.3 Å². The summed E-state index contributed by atoms with van der Waals surface area (Å²) in [5.74, 6) is 0.949. The first-order valence-electron chi connectivity index (χ1n) is 9.29. The van der Waals surface area contributed by atoms with Crippen LogP contribution in [0.15, 0.2) is 53.4 Å². The molecule has 0 bridgehead atoms. The van der Waals surface area contributed by atoms with Crippen LogP contribution in [0.5, 0.6) is 11.5 Å². The van der Waals surface area contributed by atoms with Gasteiger partial charge in [-0.2, -0.15) is 0 Å². The molecule has 0 fully saturated rings. The molecule has 0 saturated heterocycles. The van der Waals surface area contributed by atoms with Crippen molar-refractivity contribution >= 4 is 32.4 Å². The number of amides is 1. The van der Waals surface area contributed by atoms with Gasteiger partial charge in [0.05, 0.1) is 19.1 Å². The van der Waals surface area contributed by atoms with E-state index in [2.05, 4.69) is 20.2 Å². The molecule has 1 amide bonds. The number of aromatic nitrogens is 2. The summed E-state index contributed by atoms with van der Waals surface area (Å²) in [6, 6.07) is 13.6. The van der Waals surface area contributed by atoms with Crippen LogP contribution in [0.1, 0.15) is 17.0 Å². The Morgan fingerprint density at radius 3 is 2.48 bits per heavy atom. The normalized spacial score (nSPS) is 11.2. The van der Waals surface area contributed by atoms with Crippen LogP contribution >= 0.6 is 11.3 Å². The van der Waals surface area contributed by atoms with Gasteiger partial charge in [0.15, 0.2) is 0 Å². The van der Waals surface area contributed by atoms with E-state index < -0.39 is 10.0 Å². The van der Waals surface area contributed by atoms with Crippen molar-refractivity contribution in [3.8, 4) is 11.5 Å². The number of sulfonamides is 1.